The Bertz CT molecular complexity index is 956. The second-order valence-corrected chi connectivity index (χ2v) is 8.61. The topological polar surface area (TPSA) is 110 Å². The number of hydrogen-bond donors (Lipinski definition) is 0. The van der Waals surface area contributed by atoms with Gasteiger partial charge in [0, 0.05) is 32.4 Å². The third-order valence-corrected chi connectivity index (χ3v) is 6.34. The molecule has 9 nitrogen and oxygen atoms in total. The van der Waals surface area contributed by atoms with Crippen molar-refractivity contribution in [1.82, 2.24) is 19.2 Å². The number of piperazine rings is 1. The minimum atomic E-state index is -3.46. The quantitative estimate of drug-likeness (QED) is 0.632. The molecule has 29 heavy (non-hydrogen) atoms. The highest BCUT2D eigenvalue weighted by Crippen LogP contribution is 2.14. The van der Waals surface area contributed by atoms with Crippen molar-refractivity contribution < 1.29 is 22.7 Å². The van der Waals surface area contributed by atoms with Gasteiger partial charge in [-0.1, -0.05) is 30.3 Å². The highest BCUT2D eigenvalue weighted by molar-refractivity contribution is 7.88. The van der Waals surface area contributed by atoms with E-state index in [1.807, 2.05) is 6.07 Å². The van der Waals surface area contributed by atoms with Crippen molar-refractivity contribution in [2.24, 2.45) is 0 Å². The first-order chi connectivity index (χ1) is 13.8. The smallest absolute Gasteiger partial charge is 0.359 e. The number of rotatable bonds is 6. The predicted molar refractivity (Wildman–Crippen MR) is 104 cm³/mol. The summed E-state index contributed by atoms with van der Waals surface area (Å²) in [5.74, 6) is -1.18. The summed E-state index contributed by atoms with van der Waals surface area (Å²) in [6.45, 7) is 2.22. The van der Waals surface area contributed by atoms with Crippen LogP contribution in [-0.2, 0) is 25.3 Å². The molecule has 0 spiro atoms. The van der Waals surface area contributed by atoms with Gasteiger partial charge >= 0.3 is 5.97 Å². The van der Waals surface area contributed by atoms with Gasteiger partial charge in [0.05, 0.1) is 17.6 Å². The zero-order chi connectivity index (χ0) is 20.9. The standard InChI is InChI=1S/C19H22N4O5S/c1-15-11-21-17(12-20-15)19(25)28-13-18(24)22-7-9-23(10-8-22)29(26,27)14-16-5-3-2-4-6-16/h2-6,11-12H,7-10,13-14H2,1H3. The van der Waals surface area contributed by atoms with Crippen molar-refractivity contribution in [2.45, 2.75) is 12.7 Å². The Labute approximate surface area is 169 Å². The number of nitrogens with zero attached hydrogens (tertiary/aromatic N) is 4. The molecule has 1 fully saturated rings. The fourth-order valence-electron chi connectivity index (χ4n) is 2.88. The van der Waals surface area contributed by atoms with Crippen LogP contribution in [0.5, 0.6) is 0 Å². The van der Waals surface area contributed by atoms with Gasteiger partial charge < -0.3 is 9.64 Å². The molecule has 2 aromatic rings. The zero-order valence-corrected chi connectivity index (χ0v) is 16.8. The van der Waals surface area contributed by atoms with Gasteiger partial charge in [-0.15, -0.1) is 0 Å². The van der Waals surface area contributed by atoms with Gasteiger partial charge in [-0.05, 0) is 12.5 Å². The first kappa shape index (κ1) is 20.9. The van der Waals surface area contributed by atoms with Crippen LogP contribution in [0.3, 0.4) is 0 Å². The highest BCUT2D eigenvalue weighted by Gasteiger charge is 2.29. The monoisotopic (exact) mass is 418 g/mol. The maximum atomic E-state index is 12.6. The molecule has 10 heteroatoms. The van der Waals surface area contributed by atoms with Crippen molar-refractivity contribution in [3.05, 3.63) is 59.7 Å². The molecular weight excluding hydrogens is 396 g/mol. The molecule has 0 bridgehead atoms. The van der Waals surface area contributed by atoms with E-state index in [2.05, 4.69) is 9.97 Å². The Balaban J connectivity index is 1.47. The van der Waals surface area contributed by atoms with E-state index in [9.17, 15) is 18.0 Å². The molecule has 0 atom stereocenters. The Kier molecular flexibility index (Phi) is 6.55. The summed E-state index contributed by atoms with van der Waals surface area (Å²) in [4.78, 5) is 33.5. The number of hydrogen-bond acceptors (Lipinski definition) is 7. The minimum Gasteiger partial charge on any atom is -0.451 e. The lowest BCUT2D eigenvalue weighted by molar-refractivity contribution is -0.135. The molecule has 0 aliphatic carbocycles. The molecule has 1 amide bonds. The molecule has 0 radical (unpaired) electrons. The Morgan fingerprint density at radius 1 is 1.03 bits per heavy atom. The van der Waals surface area contributed by atoms with E-state index in [1.54, 1.807) is 31.2 Å². The van der Waals surface area contributed by atoms with Gasteiger partial charge in [0.15, 0.2) is 12.3 Å². The maximum absolute atomic E-state index is 12.6. The van der Waals surface area contributed by atoms with Crippen molar-refractivity contribution >= 4 is 21.9 Å². The lowest BCUT2D eigenvalue weighted by Gasteiger charge is -2.33. The van der Waals surface area contributed by atoms with E-state index in [4.69, 9.17) is 4.74 Å². The van der Waals surface area contributed by atoms with Crippen LogP contribution in [0.4, 0.5) is 0 Å². The molecule has 1 aliphatic heterocycles. The number of carbonyl (C=O) groups excluding carboxylic acids is 2. The third kappa shape index (κ3) is 5.58. The number of esters is 1. The molecule has 1 aromatic carbocycles. The Morgan fingerprint density at radius 3 is 2.34 bits per heavy atom. The minimum absolute atomic E-state index is 0.0280. The Morgan fingerprint density at radius 2 is 1.72 bits per heavy atom. The SMILES string of the molecule is Cc1cnc(C(=O)OCC(=O)N2CCN(S(=O)(=O)Cc3ccccc3)CC2)cn1. The lowest BCUT2D eigenvalue weighted by Crippen LogP contribution is -2.51. The van der Waals surface area contributed by atoms with E-state index in [0.717, 1.165) is 5.56 Å². The second kappa shape index (κ2) is 9.10. The normalized spacial score (nSPS) is 15.1. The van der Waals surface area contributed by atoms with Gasteiger partial charge in [0.2, 0.25) is 10.0 Å². The van der Waals surface area contributed by atoms with Crippen LogP contribution in [-0.4, -0.2) is 72.3 Å². The fourth-order valence-corrected chi connectivity index (χ4v) is 4.40. The predicted octanol–water partition coefficient (Wildman–Crippen LogP) is 0.616. The van der Waals surface area contributed by atoms with Gasteiger partial charge in [-0.3, -0.25) is 9.78 Å². The van der Waals surface area contributed by atoms with Crippen LogP contribution in [0.15, 0.2) is 42.7 Å². The molecule has 0 N–H and O–H groups in total. The number of benzene rings is 1. The summed E-state index contributed by atoms with van der Waals surface area (Å²) < 4.78 is 31.5. The van der Waals surface area contributed by atoms with Gasteiger partial charge in [0.25, 0.3) is 5.91 Å². The van der Waals surface area contributed by atoms with Gasteiger partial charge in [-0.25, -0.2) is 18.2 Å². The van der Waals surface area contributed by atoms with Crippen LogP contribution < -0.4 is 0 Å². The largest absolute Gasteiger partial charge is 0.451 e. The van der Waals surface area contributed by atoms with E-state index in [-0.39, 0.29) is 43.5 Å². The first-order valence-electron chi connectivity index (χ1n) is 9.10. The molecule has 1 aromatic heterocycles. The van der Waals surface area contributed by atoms with Crippen molar-refractivity contribution in [2.75, 3.05) is 32.8 Å². The van der Waals surface area contributed by atoms with Gasteiger partial charge in [-0.2, -0.15) is 4.31 Å². The molecule has 2 heterocycles. The van der Waals surface area contributed by atoms with Gasteiger partial charge in [0.1, 0.15) is 0 Å². The number of amides is 1. The Hall–Kier alpha value is -2.85. The lowest BCUT2D eigenvalue weighted by atomic mass is 10.2. The highest BCUT2D eigenvalue weighted by atomic mass is 32.2. The third-order valence-electron chi connectivity index (χ3n) is 4.49. The number of aryl methyl sites for hydroxylation is 1. The number of aromatic nitrogens is 2. The summed E-state index contributed by atoms with van der Waals surface area (Å²) in [7, 11) is -3.46. The summed E-state index contributed by atoms with van der Waals surface area (Å²) >= 11 is 0. The number of ether oxygens (including phenoxy) is 1. The van der Waals surface area contributed by atoms with Crippen molar-refractivity contribution in [1.29, 1.82) is 0 Å². The van der Waals surface area contributed by atoms with Crippen molar-refractivity contribution in [3.63, 3.8) is 0 Å². The molecule has 154 valence electrons. The van der Waals surface area contributed by atoms with Crippen molar-refractivity contribution in [3.8, 4) is 0 Å². The zero-order valence-electron chi connectivity index (χ0n) is 16.0. The second-order valence-electron chi connectivity index (χ2n) is 6.64. The molecular formula is C19H22N4O5S. The molecule has 0 unspecified atom stereocenters. The van der Waals surface area contributed by atoms with Crippen LogP contribution in [0.25, 0.3) is 0 Å². The summed E-state index contributed by atoms with van der Waals surface area (Å²) in [5, 5.41) is 0. The molecule has 1 aliphatic rings. The van der Waals surface area contributed by atoms with Crippen LogP contribution in [0.2, 0.25) is 0 Å². The summed E-state index contributed by atoms with van der Waals surface area (Å²) in [5.41, 5.74) is 1.41. The van der Waals surface area contributed by atoms with Crippen LogP contribution in [0, 0.1) is 6.92 Å². The molecule has 1 saturated heterocycles. The first-order valence-corrected chi connectivity index (χ1v) is 10.7. The van der Waals surface area contributed by atoms with E-state index < -0.39 is 22.6 Å². The van der Waals surface area contributed by atoms with Crippen LogP contribution in [0.1, 0.15) is 21.7 Å². The maximum Gasteiger partial charge on any atom is 0.359 e. The molecule has 0 saturated carbocycles. The van der Waals surface area contributed by atoms with E-state index in [0.29, 0.717) is 5.69 Å². The van der Waals surface area contributed by atoms with E-state index >= 15 is 0 Å². The average molecular weight is 418 g/mol. The van der Waals surface area contributed by atoms with Crippen LogP contribution >= 0.6 is 0 Å². The number of carbonyl (C=O) groups is 2. The van der Waals surface area contributed by atoms with E-state index in [1.165, 1.54) is 21.6 Å². The fraction of sp³-hybridized carbons (Fsp3) is 0.368. The number of sulfonamides is 1. The summed E-state index contributed by atoms with van der Waals surface area (Å²) in [6, 6.07) is 8.96. The summed E-state index contributed by atoms with van der Waals surface area (Å²) in [6.07, 6.45) is 2.73. The molecule has 3 rings (SSSR count). The average Bonchev–Trinajstić information content (AvgIpc) is 2.73.